The van der Waals surface area contributed by atoms with E-state index in [0.29, 0.717) is 0 Å². The van der Waals surface area contributed by atoms with Gasteiger partial charge in [-0.3, -0.25) is 5.32 Å². The Hall–Kier alpha value is -3.87. The van der Waals surface area contributed by atoms with Crippen LogP contribution in [0, 0.1) is 5.82 Å². The van der Waals surface area contributed by atoms with E-state index in [1.165, 1.54) is 7.11 Å². The molecular weight excluding hydrogens is 389 g/mol. The maximum atomic E-state index is 14.2. The number of halogens is 1. The second-order valence-electron chi connectivity index (χ2n) is 6.79. The van der Waals surface area contributed by atoms with Crippen molar-refractivity contribution in [3.05, 3.63) is 83.2 Å². The van der Waals surface area contributed by atoms with Crippen LogP contribution in [0.5, 0.6) is 5.75 Å². The van der Waals surface area contributed by atoms with Gasteiger partial charge in [-0.1, -0.05) is 48.5 Å². The van der Waals surface area contributed by atoms with Gasteiger partial charge < -0.3 is 14.6 Å². The van der Waals surface area contributed by atoms with Crippen molar-refractivity contribution in [3.63, 3.8) is 0 Å². The number of methoxy groups -OCH3 is 1. The number of hydrogen-bond donors (Lipinski definition) is 2. The van der Waals surface area contributed by atoms with Gasteiger partial charge in [0, 0.05) is 12.0 Å². The van der Waals surface area contributed by atoms with Gasteiger partial charge in [-0.25, -0.2) is 14.0 Å². The van der Waals surface area contributed by atoms with Crippen LogP contribution < -0.4 is 10.1 Å². The van der Waals surface area contributed by atoms with Crippen molar-refractivity contribution in [2.45, 2.75) is 5.92 Å². The number of ether oxygens (including phenoxy) is 2. The number of fused-ring (bicyclic) bond motifs is 3. The quantitative estimate of drug-likeness (QED) is 0.629. The first kappa shape index (κ1) is 19.4. The highest BCUT2D eigenvalue weighted by atomic mass is 19.1. The van der Waals surface area contributed by atoms with Crippen molar-refractivity contribution in [3.8, 4) is 16.9 Å². The van der Waals surface area contributed by atoms with Crippen molar-refractivity contribution < 1.29 is 28.6 Å². The standard InChI is InChI=1S/C23H18FNO5/c1-29-21-11-20(19(24)10-17(21)22(26)27)25-23(28)30-12-18-15-8-4-2-6-13(15)14-7-3-5-9-16(14)18/h2-11,18H,12H2,1H3,(H,25,28)(H,26,27). The van der Waals surface area contributed by atoms with E-state index in [2.05, 4.69) is 5.32 Å². The summed E-state index contributed by atoms with van der Waals surface area (Å²) in [6, 6.07) is 17.7. The second kappa shape index (κ2) is 7.87. The van der Waals surface area contributed by atoms with Crippen LogP contribution in [-0.4, -0.2) is 30.9 Å². The fourth-order valence-electron chi connectivity index (χ4n) is 3.73. The number of hydrogen-bond acceptors (Lipinski definition) is 4. The maximum absolute atomic E-state index is 14.2. The van der Waals surface area contributed by atoms with E-state index in [4.69, 9.17) is 14.6 Å². The van der Waals surface area contributed by atoms with E-state index >= 15 is 0 Å². The van der Waals surface area contributed by atoms with Gasteiger partial charge in [0.1, 0.15) is 23.7 Å². The minimum absolute atomic E-state index is 0.0714. The number of carboxylic acids is 1. The molecule has 3 aromatic carbocycles. The highest BCUT2D eigenvalue weighted by Crippen LogP contribution is 2.44. The number of carbonyl (C=O) groups is 2. The fraction of sp³-hybridized carbons (Fsp3) is 0.130. The van der Waals surface area contributed by atoms with Crippen LogP contribution >= 0.6 is 0 Å². The molecule has 0 fully saturated rings. The first-order valence-corrected chi connectivity index (χ1v) is 9.22. The molecule has 1 amide bonds. The number of anilines is 1. The van der Waals surface area contributed by atoms with Gasteiger partial charge >= 0.3 is 12.1 Å². The van der Waals surface area contributed by atoms with E-state index in [1.54, 1.807) is 0 Å². The van der Waals surface area contributed by atoms with Crippen molar-refractivity contribution in [2.24, 2.45) is 0 Å². The van der Waals surface area contributed by atoms with Crippen LogP contribution in [0.4, 0.5) is 14.9 Å². The normalized spacial score (nSPS) is 12.1. The highest BCUT2D eigenvalue weighted by molar-refractivity contribution is 5.93. The number of carbonyl (C=O) groups excluding carboxylic acids is 1. The second-order valence-corrected chi connectivity index (χ2v) is 6.79. The summed E-state index contributed by atoms with van der Waals surface area (Å²) in [5.74, 6) is -2.44. The van der Waals surface area contributed by atoms with E-state index < -0.39 is 17.9 Å². The van der Waals surface area contributed by atoms with Crippen LogP contribution in [0.2, 0.25) is 0 Å². The molecule has 3 aromatic rings. The van der Waals surface area contributed by atoms with E-state index in [1.807, 2.05) is 48.5 Å². The van der Waals surface area contributed by atoms with Gasteiger partial charge in [-0.05, 0) is 28.3 Å². The minimum atomic E-state index is -1.33. The van der Waals surface area contributed by atoms with E-state index in [9.17, 15) is 14.0 Å². The van der Waals surface area contributed by atoms with Crippen molar-refractivity contribution in [1.82, 2.24) is 0 Å². The Kier molecular flexibility index (Phi) is 5.10. The summed E-state index contributed by atoms with van der Waals surface area (Å²) in [7, 11) is 1.26. The average molecular weight is 407 g/mol. The smallest absolute Gasteiger partial charge is 0.411 e. The number of benzene rings is 3. The predicted octanol–water partition coefficient (Wildman–Crippen LogP) is 4.89. The molecule has 4 rings (SSSR count). The Labute approximate surface area is 171 Å². The molecule has 7 heteroatoms. The molecule has 0 unspecified atom stereocenters. The first-order valence-electron chi connectivity index (χ1n) is 9.22. The molecule has 0 aliphatic heterocycles. The van der Waals surface area contributed by atoms with Gasteiger partial charge in [0.2, 0.25) is 0 Å². The molecule has 6 nitrogen and oxygen atoms in total. The molecule has 0 radical (unpaired) electrons. The molecule has 0 aromatic heterocycles. The zero-order chi connectivity index (χ0) is 21.3. The van der Waals surface area contributed by atoms with Crippen LogP contribution in [0.3, 0.4) is 0 Å². The SMILES string of the molecule is COc1cc(NC(=O)OCC2c3ccccc3-c3ccccc32)c(F)cc1C(=O)O. The van der Waals surface area contributed by atoms with Crippen molar-refractivity contribution in [1.29, 1.82) is 0 Å². The number of amides is 1. The zero-order valence-electron chi connectivity index (χ0n) is 16.0. The van der Waals surface area contributed by atoms with Crippen LogP contribution in [0.25, 0.3) is 11.1 Å². The minimum Gasteiger partial charge on any atom is -0.496 e. The Morgan fingerprint density at radius 1 is 1.03 bits per heavy atom. The summed E-state index contributed by atoms with van der Waals surface area (Å²) < 4.78 is 24.6. The number of aromatic carboxylic acids is 1. The first-order chi connectivity index (χ1) is 14.5. The number of rotatable bonds is 5. The number of nitrogens with one attached hydrogen (secondary N) is 1. The number of carboxylic acid groups (broad SMARTS) is 1. The summed E-state index contributed by atoms with van der Waals surface area (Å²) in [5, 5.41) is 11.4. The van der Waals surface area contributed by atoms with Crippen LogP contribution in [0.15, 0.2) is 60.7 Å². The Morgan fingerprint density at radius 3 is 2.20 bits per heavy atom. The molecule has 1 aliphatic rings. The highest BCUT2D eigenvalue weighted by Gasteiger charge is 2.29. The van der Waals surface area contributed by atoms with Crippen molar-refractivity contribution >= 4 is 17.7 Å². The molecule has 30 heavy (non-hydrogen) atoms. The topological polar surface area (TPSA) is 84.9 Å². The summed E-state index contributed by atoms with van der Waals surface area (Å²) in [6.45, 7) is 0.0752. The maximum Gasteiger partial charge on any atom is 0.411 e. The lowest BCUT2D eigenvalue weighted by molar-refractivity contribution is 0.0692. The Morgan fingerprint density at radius 2 is 1.63 bits per heavy atom. The Bertz CT molecular complexity index is 1100. The molecule has 0 spiro atoms. The molecule has 2 N–H and O–H groups in total. The van der Waals surface area contributed by atoms with Gasteiger partial charge in [0.25, 0.3) is 0 Å². The molecule has 0 saturated carbocycles. The molecule has 1 aliphatic carbocycles. The zero-order valence-corrected chi connectivity index (χ0v) is 16.0. The summed E-state index contributed by atoms with van der Waals surface area (Å²) >= 11 is 0. The molecule has 0 bridgehead atoms. The van der Waals surface area contributed by atoms with Crippen molar-refractivity contribution in [2.75, 3.05) is 19.0 Å². The molecule has 0 saturated heterocycles. The lowest BCUT2D eigenvalue weighted by Crippen LogP contribution is -2.19. The van der Waals surface area contributed by atoms with Crippen LogP contribution in [-0.2, 0) is 4.74 Å². The summed E-state index contributed by atoms with van der Waals surface area (Å²) in [6.07, 6.45) is -0.846. The fourth-order valence-corrected chi connectivity index (χ4v) is 3.73. The summed E-state index contributed by atoms with van der Waals surface area (Å²) in [4.78, 5) is 23.5. The average Bonchev–Trinajstić information content (AvgIpc) is 3.07. The predicted molar refractivity (Wildman–Crippen MR) is 109 cm³/mol. The van der Waals surface area contributed by atoms with E-state index in [-0.39, 0.29) is 29.5 Å². The van der Waals surface area contributed by atoms with Crippen LogP contribution in [0.1, 0.15) is 27.4 Å². The third kappa shape index (κ3) is 3.45. The monoisotopic (exact) mass is 407 g/mol. The van der Waals surface area contributed by atoms with Gasteiger partial charge in [0.15, 0.2) is 0 Å². The van der Waals surface area contributed by atoms with Gasteiger partial charge in [-0.15, -0.1) is 0 Å². The van der Waals surface area contributed by atoms with E-state index in [0.717, 1.165) is 34.4 Å². The van der Waals surface area contributed by atoms with Gasteiger partial charge in [-0.2, -0.15) is 0 Å². The largest absolute Gasteiger partial charge is 0.496 e. The molecular formula is C23H18FNO5. The molecule has 0 atom stereocenters. The molecule has 152 valence electrons. The lowest BCUT2D eigenvalue weighted by Gasteiger charge is -2.15. The molecule has 0 heterocycles. The third-order valence-corrected chi connectivity index (χ3v) is 5.10. The summed E-state index contributed by atoms with van der Waals surface area (Å²) in [5.41, 5.74) is 3.75. The lowest BCUT2D eigenvalue weighted by atomic mass is 9.98. The van der Waals surface area contributed by atoms with Gasteiger partial charge in [0.05, 0.1) is 12.8 Å². The third-order valence-electron chi connectivity index (χ3n) is 5.10. The Balaban J connectivity index is 1.51.